The van der Waals surface area contributed by atoms with Gasteiger partial charge in [-0.15, -0.1) is 0 Å². The van der Waals surface area contributed by atoms with E-state index in [4.69, 9.17) is 12.2 Å². The summed E-state index contributed by atoms with van der Waals surface area (Å²) in [6.45, 7) is 1.95. The number of carbonyl (C=O) groups excluding carboxylic acids is 1. The number of anilines is 1. The van der Waals surface area contributed by atoms with Gasteiger partial charge in [-0.25, -0.2) is 0 Å². The molecule has 0 spiro atoms. The largest absolute Gasteiger partial charge is 0.332 e. The molecule has 0 fully saturated rings. The van der Waals surface area contributed by atoms with Crippen LogP contribution < -0.4 is 10.6 Å². The Hall–Kier alpha value is -2.83. The van der Waals surface area contributed by atoms with Crippen molar-refractivity contribution in [1.29, 1.82) is 0 Å². The first kappa shape index (κ1) is 18.5. The molecule has 0 aliphatic heterocycles. The van der Waals surface area contributed by atoms with Crippen LogP contribution in [0.15, 0.2) is 71.2 Å². The topological polar surface area (TPSA) is 54.0 Å². The molecular weight excluding hydrogens is 434 g/mol. The van der Waals surface area contributed by atoms with E-state index >= 15 is 0 Å². The van der Waals surface area contributed by atoms with Gasteiger partial charge in [-0.3, -0.25) is 15.1 Å². The van der Waals surface area contributed by atoms with Crippen LogP contribution in [0, 0.1) is 6.92 Å². The van der Waals surface area contributed by atoms with Crippen molar-refractivity contribution in [3.8, 4) is 0 Å². The van der Waals surface area contributed by atoms with Crippen LogP contribution in [0.1, 0.15) is 16.1 Å². The zero-order valence-corrected chi connectivity index (χ0v) is 17.4. The Balaban J connectivity index is 1.58. The number of carbonyl (C=O) groups is 1. The van der Waals surface area contributed by atoms with Crippen molar-refractivity contribution in [3.05, 3.63) is 82.5 Å². The van der Waals surface area contributed by atoms with Crippen LogP contribution >= 0.6 is 28.1 Å². The number of aromatic nitrogens is 1. The first-order valence-corrected chi connectivity index (χ1v) is 9.89. The summed E-state index contributed by atoms with van der Waals surface area (Å²) in [5, 5.41) is 8.92. The first-order valence-electron chi connectivity index (χ1n) is 8.69. The standard InChI is InChI=1S/C22H16BrN3OS/c1-13-11-12-17-19(24-13)9-4-10-20(17)25-22(28)26-21(27)16-7-2-6-15-14(16)5-3-8-18(15)23/h2-12H,1H3,(H2,25,26,27,28). The van der Waals surface area contributed by atoms with Gasteiger partial charge in [0, 0.05) is 26.8 Å². The van der Waals surface area contributed by atoms with E-state index in [1.165, 1.54) is 0 Å². The molecule has 138 valence electrons. The van der Waals surface area contributed by atoms with Crippen molar-refractivity contribution in [1.82, 2.24) is 10.3 Å². The Morgan fingerprint density at radius 2 is 1.68 bits per heavy atom. The van der Waals surface area contributed by atoms with Gasteiger partial charge in [0.1, 0.15) is 0 Å². The van der Waals surface area contributed by atoms with Gasteiger partial charge < -0.3 is 5.32 Å². The molecular formula is C22H16BrN3OS. The summed E-state index contributed by atoms with van der Waals surface area (Å²) >= 11 is 8.90. The van der Waals surface area contributed by atoms with E-state index in [1.807, 2.05) is 67.6 Å². The summed E-state index contributed by atoms with van der Waals surface area (Å²) < 4.78 is 0.943. The number of nitrogens with zero attached hydrogens (tertiary/aromatic N) is 1. The molecule has 2 N–H and O–H groups in total. The maximum atomic E-state index is 12.8. The zero-order valence-electron chi connectivity index (χ0n) is 15.0. The molecule has 0 aliphatic carbocycles. The van der Waals surface area contributed by atoms with Gasteiger partial charge in [0.25, 0.3) is 5.91 Å². The average molecular weight is 450 g/mol. The third-order valence-electron chi connectivity index (χ3n) is 4.46. The van der Waals surface area contributed by atoms with Crippen molar-refractivity contribution in [2.45, 2.75) is 6.92 Å². The molecule has 0 aliphatic rings. The number of nitrogens with one attached hydrogen (secondary N) is 2. The highest BCUT2D eigenvalue weighted by atomic mass is 79.9. The predicted octanol–water partition coefficient (Wildman–Crippen LogP) is 5.59. The SMILES string of the molecule is Cc1ccc2c(NC(=S)NC(=O)c3cccc4c(Br)cccc34)cccc2n1. The number of rotatable bonds is 2. The van der Waals surface area contributed by atoms with E-state index in [-0.39, 0.29) is 11.0 Å². The van der Waals surface area contributed by atoms with E-state index in [0.717, 1.165) is 37.5 Å². The molecule has 28 heavy (non-hydrogen) atoms. The number of fused-ring (bicyclic) bond motifs is 2. The molecule has 4 aromatic rings. The van der Waals surface area contributed by atoms with Gasteiger partial charge in [-0.05, 0) is 66.3 Å². The van der Waals surface area contributed by atoms with Crippen molar-refractivity contribution in [2.24, 2.45) is 0 Å². The number of hydrogen-bond acceptors (Lipinski definition) is 3. The highest BCUT2D eigenvalue weighted by Crippen LogP contribution is 2.26. The summed E-state index contributed by atoms with van der Waals surface area (Å²) in [6.07, 6.45) is 0. The van der Waals surface area contributed by atoms with Gasteiger partial charge in [0.05, 0.1) is 5.52 Å². The monoisotopic (exact) mass is 449 g/mol. The van der Waals surface area contributed by atoms with Crippen molar-refractivity contribution in [2.75, 3.05) is 5.32 Å². The van der Waals surface area contributed by atoms with Crippen LogP contribution in [0.3, 0.4) is 0 Å². The Morgan fingerprint density at radius 1 is 0.929 bits per heavy atom. The molecule has 3 aromatic carbocycles. The van der Waals surface area contributed by atoms with Crippen LogP contribution in [0.4, 0.5) is 5.69 Å². The van der Waals surface area contributed by atoms with E-state index in [9.17, 15) is 4.79 Å². The lowest BCUT2D eigenvalue weighted by molar-refractivity contribution is 0.0979. The summed E-state index contributed by atoms with van der Waals surface area (Å²) in [4.78, 5) is 17.3. The Kier molecular flexibility index (Phi) is 5.07. The number of pyridine rings is 1. The number of benzene rings is 3. The number of thiocarbonyl (C=S) groups is 1. The predicted molar refractivity (Wildman–Crippen MR) is 122 cm³/mol. The molecule has 0 bridgehead atoms. The van der Waals surface area contributed by atoms with Crippen LogP contribution in [-0.4, -0.2) is 16.0 Å². The third kappa shape index (κ3) is 3.61. The van der Waals surface area contributed by atoms with Crippen molar-refractivity contribution < 1.29 is 4.79 Å². The molecule has 6 heteroatoms. The number of halogens is 1. The summed E-state index contributed by atoms with van der Waals surface area (Å²) in [5.41, 5.74) is 3.19. The number of amides is 1. The lowest BCUT2D eigenvalue weighted by atomic mass is 10.0. The molecule has 0 radical (unpaired) electrons. The highest BCUT2D eigenvalue weighted by Gasteiger charge is 2.13. The maximum Gasteiger partial charge on any atom is 0.258 e. The second-order valence-corrected chi connectivity index (χ2v) is 7.64. The minimum atomic E-state index is -0.254. The fraction of sp³-hybridized carbons (Fsp3) is 0.0455. The van der Waals surface area contributed by atoms with Crippen LogP contribution in [0.2, 0.25) is 0 Å². The maximum absolute atomic E-state index is 12.8. The summed E-state index contributed by atoms with van der Waals surface area (Å²) in [7, 11) is 0. The average Bonchev–Trinajstić information content (AvgIpc) is 2.67. The Labute approximate surface area is 176 Å². The van der Waals surface area contributed by atoms with E-state index < -0.39 is 0 Å². The van der Waals surface area contributed by atoms with Gasteiger partial charge in [0.2, 0.25) is 0 Å². The van der Waals surface area contributed by atoms with E-state index in [1.54, 1.807) is 6.07 Å². The fourth-order valence-electron chi connectivity index (χ4n) is 3.16. The molecule has 1 aromatic heterocycles. The Bertz CT molecular complexity index is 1240. The molecule has 4 rings (SSSR count). The summed E-state index contributed by atoms with van der Waals surface area (Å²) in [5.74, 6) is -0.254. The lowest BCUT2D eigenvalue weighted by Gasteiger charge is -2.13. The normalized spacial score (nSPS) is 10.8. The van der Waals surface area contributed by atoms with Crippen molar-refractivity contribution >= 4 is 66.5 Å². The van der Waals surface area contributed by atoms with Gasteiger partial charge in [0.15, 0.2) is 5.11 Å². The lowest BCUT2D eigenvalue weighted by Crippen LogP contribution is -2.34. The summed E-state index contributed by atoms with van der Waals surface area (Å²) in [6, 6.07) is 21.1. The van der Waals surface area contributed by atoms with Gasteiger partial charge in [-0.1, -0.05) is 46.3 Å². The second kappa shape index (κ2) is 7.66. The smallest absolute Gasteiger partial charge is 0.258 e. The molecule has 0 atom stereocenters. The molecule has 1 amide bonds. The molecule has 4 nitrogen and oxygen atoms in total. The quantitative estimate of drug-likeness (QED) is 0.391. The number of hydrogen-bond donors (Lipinski definition) is 2. The minimum absolute atomic E-state index is 0.241. The molecule has 0 saturated carbocycles. The molecule has 0 unspecified atom stereocenters. The van der Waals surface area contributed by atoms with E-state index in [2.05, 4.69) is 31.5 Å². The van der Waals surface area contributed by atoms with Crippen LogP contribution in [-0.2, 0) is 0 Å². The zero-order chi connectivity index (χ0) is 19.7. The first-order chi connectivity index (χ1) is 13.5. The van der Waals surface area contributed by atoms with Crippen LogP contribution in [0.5, 0.6) is 0 Å². The fourth-order valence-corrected chi connectivity index (χ4v) is 3.86. The van der Waals surface area contributed by atoms with Crippen LogP contribution in [0.25, 0.3) is 21.7 Å². The minimum Gasteiger partial charge on any atom is -0.332 e. The van der Waals surface area contributed by atoms with Gasteiger partial charge in [-0.2, -0.15) is 0 Å². The number of aryl methyl sites for hydroxylation is 1. The van der Waals surface area contributed by atoms with Gasteiger partial charge >= 0.3 is 0 Å². The van der Waals surface area contributed by atoms with Crippen molar-refractivity contribution in [3.63, 3.8) is 0 Å². The highest BCUT2D eigenvalue weighted by molar-refractivity contribution is 9.10. The molecule has 1 heterocycles. The molecule has 0 saturated heterocycles. The second-order valence-electron chi connectivity index (χ2n) is 6.37. The third-order valence-corrected chi connectivity index (χ3v) is 5.36. The van der Waals surface area contributed by atoms with E-state index in [0.29, 0.717) is 5.56 Å². The Morgan fingerprint density at radius 3 is 2.54 bits per heavy atom.